The molecular formula is C16H26N2O15P2S. The lowest BCUT2D eigenvalue weighted by Crippen LogP contribution is -2.56. The Kier molecular flexibility index (Phi) is 9.42. The molecule has 17 nitrogen and oxygen atoms in total. The highest BCUT2D eigenvalue weighted by Gasteiger charge is 2.49. The fourth-order valence-corrected chi connectivity index (χ4v) is 5.94. The van der Waals surface area contributed by atoms with Crippen LogP contribution in [0.5, 0.6) is 0 Å². The molecule has 8 N–H and O–H groups in total. The van der Waals surface area contributed by atoms with Gasteiger partial charge in [0.2, 0.25) is 0 Å². The molecule has 3 aliphatic rings. The Labute approximate surface area is 209 Å². The fraction of sp³-hybridized carbons (Fsp3) is 0.688. The predicted molar refractivity (Wildman–Crippen MR) is 117 cm³/mol. The standard InChI is InChI=1S/C16H26N2O15P2S/c1-6-17-9(20)2-3-18(6)15-12(23)10(21)8(30-15)5-29-34(25,26)33-35(27,28)32-16-13(24)14(36)11(22)7(4-19)31-16/h2-3,7-8,10-16,19,21-24,36H,1,4-5H2,(H,17,20)(H,25,26)(H,27,28)/t7?,8-,10?,11-,12+,13?,14+,15-,16-/m1/s1. The van der Waals surface area contributed by atoms with E-state index in [4.69, 9.17) is 9.47 Å². The number of thiol groups is 1. The summed E-state index contributed by atoms with van der Waals surface area (Å²) in [6.45, 7) is 1.88. The Balaban J connectivity index is 1.58. The van der Waals surface area contributed by atoms with Crippen LogP contribution < -0.4 is 5.32 Å². The molecule has 0 aromatic rings. The minimum absolute atomic E-state index is 0.0152. The summed E-state index contributed by atoms with van der Waals surface area (Å²) in [6.07, 6.45) is -10.3. The molecule has 2 saturated heterocycles. The van der Waals surface area contributed by atoms with Crippen molar-refractivity contribution in [2.45, 2.75) is 54.4 Å². The third kappa shape index (κ3) is 6.74. The number of hydrogen-bond donors (Lipinski definition) is 9. The van der Waals surface area contributed by atoms with Gasteiger partial charge in [-0.3, -0.25) is 13.8 Å². The maximum atomic E-state index is 12.2. The van der Waals surface area contributed by atoms with Crippen LogP contribution in [0.1, 0.15) is 0 Å². The van der Waals surface area contributed by atoms with Crippen LogP contribution in [0, 0.1) is 0 Å². The second-order valence-electron chi connectivity index (χ2n) is 7.82. The number of nitrogens with zero attached hydrogens (tertiary/aromatic N) is 1. The van der Waals surface area contributed by atoms with E-state index in [2.05, 4.69) is 37.9 Å². The van der Waals surface area contributed by atoms with Crippen molar-refractivity contribution in [3.8, 4) is 0 Å². The van der Waals surface area contributed by atoms with Gasteiger partial charge in [0.05, 0.1) is 24.6 Å². The number of carbonyl (C=O) groups excluding carboxylic acids is 1. The number of ether oxygens (including phenoxy) is 2. The lowest BCUT2D eigenvalue weighted by molar-refractivity contribution is -0.241. The van der Waals surface area contributed by atoms with Crippen molar-refractivity contribution in [1.29, 1.82) is 0 Å². The minimum Gasteiger partial charge on any atom is -0.394 e. The first-order valence-corrected chi connectivity index (χ1v) is 13.6. The molecule has 0 saturated carbocycles. The van der Waals surface area contributed by atoms with Gasteiger partial charge in [0.1, 0.15) is 36.3 Å². The molecule has 2 fully saturated rings. The van der Waals surface area contributed by atoms with E-state index in [0.29, 0.717) is 0 Å². The molecule has 0 aromatic carbocycles. The SMILES string of the molecule is C=C1NC(=O)C=CN1[C@@H]1O[C@H](COP(=O)(O)OP(=O)(O)O[C@H]2OC(CO)[C@@H](O)[C@H](S)C2O)C(O)[C@@H]1O. The molecule has 1 amide bonds. The van der Waals surface area contributed by atoms with Gasteiger partial charge >= 0.3 is 15.6 Å². The second kappa shape index (κ2) is 11.4. The van der Waals surface area contributed by atoms with Crippen LogP contribution in [0.4, 0.5) is 0 Å². The van der Waals surface area contributed by atoms with Crippen LogP contribution in [0.3, 0.4) is 0 Å². The molecule has 3 rings (SSSR count). The highest BCUT2D eigenvalue weighted by atomic mass is 32.1. The topological polar surface area (TPSA) is 254 Å². The molecule has 36 heavy (non-hydrogen) atoms. The van der Waals surface area contributed by atoms with E-state index in [9.17, 15) is 49.2 Å². The van der Waals surface area contributed by atoms with E-state index in [0.717, 1.165) is 6.08 Å². The molecule has 3 heterocycles. The Morgan fingerprint density at radius 2 is 1.72 bits per heavy atom. The molecule has 20 heteroatoms. The normalized spacial score (nSPS) is 40.6. The van der Waals surface area contributed by atoms with Crippen LogP contribution in [0.2, 0.25) is 0 Å². The summed E-state index contributed by atoms with van der Waals surface area (Å²) < 4.78 is 48.2. The Morgan fingerprint density at radius 3 is 2.33 bits per heavy atom. The van der Waals surface area contributed by atoms with Crippen molar-refractivity contribution >= 4 is 34.2 Å². The maximum absolute atomic E-state index is 12.2. The number of carbonyl (C=O) groups is 1. The van der Waals surface area contributed by atoms with E-state index < -0.39 is 89.2 Å². The van der Waals surface area contributed by atoms with Gasteiger partial charge in [-0.15, -0.1) is 0 Å². The van der Waals surface area contributed by atoms with Crippen LogP contribution >= 0.6 is 28.3 Å². The van der Waals surface area contributed by atoms with E-state index in [-0.39, 0.29) is 5.82 Å². The molecule has 3 aliphatic heterocycles. The minimum atomic E-state index is -5.48. The molecule has 206 valence electrons. The average molecular weight is 580 g/mol. The predicted octanol–water partition coefficient (Wildman–Crippen LogP) is -3.16. The third-order valence-corrected chi connectivity index (χ3v) is 8.48. The van der Waals surface area contributed by atoms with Crippen molar-refractivity contribution in [3.05, 3.63) is 24.7 Å². The largest absolute Gasteiger partial charge is 0.483 e. The molecule has 0 aliphatic carbocycles. The van der Waals surface area contributed by atoms with Gasteiger partial charge in [0.25, 0.3) is 5.91 Å². The first-order valence-electron chi connectivity index (χ1n) is 10.1. The van der Waals surface area contributed by atoms with E-state index >= 15 is 0 Å². The van der Waals surface area contributed by atoms with Crippen molar-refractivity contribution in [3.63, 3.8) is 0 Å². The van der Waals surface area contributed by atoms with Gasteiger partial charge < -0.3 is 55.0 Å². The number of phosphoric acid groups is 2. The highest BCUT2D eigenvalue weighted by Crippen LogP contribution is 2.61. The monoisotopic (exact) mass is 580 g/mol. The van der Waals surface area contributed by atoms with Gasteiger partial charge in [-0.25, -0.2) is 9.13 Å². The molecule has 0 radical (unpaired) electrons. The van der Waals surface area contributed by atoms with Crippen molar-refractivity contribution < 1.29 is 72.1 Å². The van der Waals surface area contributed by atoms with Crippen molar-refractivity contribution in [2.24, 2.45) is 0 Å². The summed E-state index contributed by atoms with van der Waals surface area (Å²) in [7, 11) is -10.9. The number of nitrogens with one attached hydrogen (secondary N) is 1. The number of phosphoric ester groups is 2. The van der Waals surface area contributed by atoms with Crippen LogP contribution in [-0.4, -0.2) is 114 Å². The number of hydrogen-bond acceptors (Lipinski definition) is 15. The summed E-state index contributed by atoms with van der Waals surface area (Å²) in [4.78, 5) is 32.2. The Bertz CT molecular complexity index is 968. The van der Waals surface area contributed by atoms with Crippen LogP contribution in [0.25, 0.3) is 0 Å². The average Bonchev–Trinajstić information content (AvgIpc) is 3.06. The smallest absolute Gasteiger partial charge is 0.394 e. The molecule has 11 atom stereocenters. The van der Waals surface area contributed by atoms with E-state index in [1.165, 1.54) is 11.1 Å². The summed E-state index contributed by atoms with van der Waals surface area (Å²) in [5, 5.41) is 50.6. The number of aliphatic hydroxyl groups is 5. The third-order valence-electron chi connectivity index (χ3n) is 5.27. The maximum Gasteiger partial charge on any atom is 0.483 e. The van der Waals surface area contributed by atoms with Crippen molar-refractivity contribution in [2.75, 3.05) is 13.2 Å². The summed E-state index contributed by atoms with van der Waals surface area (Å²) >= 11 is 3.91. The second-order valence-corrected chi connectivity index (χ2v) is 11.4. The quantitative estimate of drug-likeness (QED) is 0.0963. The van der Waals surface area contributed by atoms with Gasteiger partial charge in [-0.2, -0.15) is 16.9 Å². The van der Waals surface area contributed by atoms with E-state index in [1.807, 2.05) is 0 Å². The summed E-state index contributed by atoms with van der Waals surface area (Å²) in [5.74, 6) is -0.473. The van der Waals surface area contributed by atoms with E-state index in [1.54, 1.807) is 0 Å². The van der Waals surface area contributed by atoms with Crippen LogP contribution in [0.15, 0.2) is 24.7 Å². The molecule has 0 spiro atoms. The summed E-state index contributed by atoms with van der Waals surface area (Å²) in [5.41, 5.74) is 0. The highest BCUT2D eigenvalue weighted by molar-refractivity contribution is 7.81. The first kappa shape index (κ1) is 29.6. The summed E-state index contributed by atoms with van der Waals surface area (Å²) in [6, 6.07) is 0. The van der Waals surface area contributed by atoms with Crippen LogP contribution in [-0.2, 0) is 36.8 Å². The molecule has 0 bridgehead atoms. The van der Waals surface area contributed by atoms with Gasteiger partial charge in [-0.1, -0.05) is 6.58 Å². The zero-order chi connectivity index (χ0) is 27.0. The fourth-order valence-electron chi connectivity index (χ4n) is 3.45. The van der Waals surface area contributed by atoms with Crippen molar-refractivity contribution in [1.82, 2.24) is 10.2 Å². The lowest BCUT2D eigenvalue weighted by atomic mass is 10.0. The van der Waals surface area contributed by atoms with Gasteiger partial charge in [-0.05, 0) is 0 Å². The zero-order valence-corrected chi connectivity index (χ0v) is 20.8. The number of aliphatic hydroxyl groups excluding tert-OH is 5. The lowest BCUT2D eigenvalue weighted by Gasteiger charge is -2.40. The molecule has 0 aromatic heterocycles. The Hall–Kier alpha value is -0.920. The molecule has 5 unspecified atom stereocenters. The number of amides is 1. The molecular weight excluding hydrogens is 554 g/mol. The van der Waals surface area contributed by atoms with Gasteiger partial charge in [0.15, 0.2) is 12.5 Å². The zero-order valence-electron chi connectivity index (χ0n) is 18.2. The Morgan fingerprint density at radius 1 is 1.06 bits per heavy atom. The van der Waals surface area contributed by atoms with Gasteiger partial charge in [0, 0.05) is 12.3 Å². The first-order chi connectivity index (χ1) is 16.7. The number of rotatable bonds is 9.